The van der Waals surface area contributed by atoms with Gasteiger partial charge in [0.1, 0.15) is 22.3 Å². The zero-order chi connectivity index (χ0) is 44.7. The van der Waals surface area contributed by atoms with Crippen molar-refractivity contribution in [1.29, 1.82) is 0 Å². The molecule has 0 aliphatic rings. The summed E-state index contributed by atoms with van der Waals surface area (Å²) in [7, 11) is 0. The molecule has 0 N–H and O–H groups in total. The van der Waals surface area contributed by atoms with Gasteiger partial charge in [-0.05, 0) is 106 Å². The predicted octanol–water partition coefficient (Wildman–Crippen LogP) is 18.2. The Morgan fingerprint density at radius 2 is 0.897 bits per heavy atom. The monoisotopic (exact) mass is 868 g/mol. The van der Waals surface area contributed by atoms with Gasteiger partial charge in [0.25, 0.3) is 0 Å². The third-order valence-corrected chi connectivity index (χ3v) is 13.8. The molecule has 0 unspecified atom stereocenters. The van der Waals surface area contributed by atoms with Gasteiger partial charge in [-0.2, -0.15) is 0 Å². The number of nitrogens with zero attached hydrogens (tertiary/aromatic N) is 2. The highest BCUT2D eigenvalue weighted by Crippen LogP contribution is 2.47. The van der Waals surface area contributed by atoms with Crippen LogP contribution < -0.4 is 4.90 Å². The van der Waals surface area contributed by atoms with E-state index in [2.05, 4.69) is 240 Å². The van der Waals surface area contributed by atoms with Crippen molar-refractivity contribution >= 4 is 93.5 Å². The van der Waals surface area contributed by atoms with Crippen molar-refractivity contribution in [2.45, 2.75) is 0 Å². The molecule has 0 saturated carbocycles. The summed E-state index contributed by atoms with van der Waals surface area (Å²) in [6.07, 6.45) is 0. The van der Waals surface area contributed by atoms with Crippen LogP contribution in [0, 0.1) is 0 Å². The van der Waals surface area contributed by atoms with E-state index in [1.807, 2.05) is 12.1 Å². The normalized spacial score (nSPS) is 11.8. The molecule has 14 rings (SSSR count). The first kappa shape index (κ1) is 38.2. The Labute approximate surface area is 391 Å². The van der Waals surface area contributed by atoms with Crippen molar-refractivity contribution < 1.29 is 8.83 Å². The smallest absolute Gasteiger partial charge is 0.143 e. The third-order valence-electron chi connectivity index (χ3n) is 13.8. The molecule has 11 aromatic carbocycles. The van der Waals surface area contributed by atoms with Gasteiger partial charge >= 0.3 is 0 Å². The lowest BCUT2D eigenvalue weighted by Gasteiger charge is -2.27. The molecule has 4 heteroatoms. The second-order valence-electron chi connectivity index (χ2n) is 17.6. The van der Waals surface area contributed by atoms with Crippen molar-refractivity contribution in [3.63, 3.8) is 0 Å². The average molecular weight is 869 g/mol. The number of rotatable bonds is 7. The first-order chi connectivity index (χ1) is 33.7. The second-order valence-corrected chi connectivity index (χ2v) is 17.6. The SMILES string of the molecule is c1cc(-c2cccc3oc4ccccc4c23)cc(N(c2ccc(-c3cccc4ccccc34)cc2)c2cc(-c3ccccc3-n3c4ccccc4c4ccccc43)c3oc4ccccc4c3c2)c1. The number of hydrogen-bond acceptors (Lipinski definition) is 3. The maximum atomic E-state index is 6.94. The van der Waals surface area contributed by atoms with Crippen LogP contribution in [0.3, 0.4) is 0 Å². The van der Waals surface area contributed by atoms with Crippen molar-refractivity contribution in [3.8, 4) is 39.1 Å². The molecule has 0 aliphatic carbocycles. The largest absolute Gasteiger partial charge is 0.456 e. The molecule has 0 fully saturated rings. The highest BCUT2D eigenvalue weighted by molar-refractivity contribution is 6.15. The fourth-order valence-corrected chi connectivity index (χ4v) is 10.8. The molecule has 0 atom stereocenters. The van der Waals surface area contributed by atoms with Crippen molar-refractivity contribution in [2.75, 3.05) is 4.90 Å². The van der Waals surface area contributed by atoms with E-state index in [4.69, 9.17) is 8.83 Å². The van der Waals surface area contributed by atoms with Gasteiger partial charge in [-0.15, -0.1) is 0 Å². The van der Waals surface area contributed by atoms with E-state index in [0.717, 1.165) is 105 Å². The molecule has 0 spiro atoms. The van der Waals surface area contributed by atoms with Crippen LogP contribution in [-0.2, 0) is 0 Å². The maximum absolute atomic E-state index is 6.94. The number of furan rings is 2. The van der Waals surface area contributed by atoms with Gasteiger partial charge in [-0.1, -0.05) is 170 Å². The van der Waals surface area contributed by atoms with Crippen LogP contribution in [0.15, 0.2) is 251 Å². The molecule has 3 heterocycles. The van der Waals surface area contributed by atoms with Gasteiger partial charge in [-0.3, -0.25) is 0 Å². The topological polar surface area (TPSA) is 34.5 Å². The summed E-state index contributed by atoms with van der Waals surface area (Å²) in [5.74, 6) is 0. The second kappa shape index (κ2) is 15.2. The fourth-order valence-electron chi connectivity index (χ4n) is 10.8. The summed E-state index contributed by atoms with van der Waals surface area (Å²) in [4.78, 5) is 2.40. The van der Waals surface area contributed by atoms with E-state index < -0.39 is 0 Å². The average Bonchev–Trinajstić information content (AvgIpc) is 4.09. The van der Waals surface area contributed by atoms with Gasteiger partial charge in [0, 0.05) is 60.5 Å². The Kier molecular flexibility index (Phi) is 8.55. The molecule has 68 heavy (non-hydrogen) atoms. The standard InChI is InChI=1S/C64H40N2O2/c1-2-20-47-41(16-1)17-14-26-48(47)42-34-36-44(37-35-42)65(45-19-13-18-43(38-45)49-27-15-33-62-63(49)54-25-7-12-32-61(54)67-62)46-39-55(64-56(40-46)53-24-6-11-31-60(53)68-64)52-23-5-10-30-59(52)66-57-28-8-3-21-50(57)51-22-4-9-29-58(51)66/h1-40H. The van der Waals surface area contributed by atoms with E-state index in [1.165, 1.54) is 27.1 Å². The first-order valence-electron chi connectivity index (χ1n) is 23.2. The molecule has 0 saturated heterocycles. The van der Waals surface area contributed by atoms with E-state index >= 15 is 0 Å². The number of fused-ring (bicyclic) bond motifs is 10. The van der Waals surface area contributed by atoms with Crippen molar-refractivity contribution in [2.24, 2.45) is 0 Å². The zero-order valence-corrected chi connectivity index (χ0v) is 36.8. The molecular weight excluding hydrogens is 829 g/mol. The van der Waals surface area contributed by atoms with Crippen LogP contribution in [0.4, 0.5) is 17.1 Å². The van der Waals surface area contributed by atoms with E-state index in [-0.39, 0.29) is 0 Å². The molecule has 318 valence electrons. The van der Waals surface area contributed by atoms with Crippen LogP contribution >= 0.6 is 0 Å². The summed E-state index contributed by atoms with van der Waals surface area (Å²) in [6.45, 7) is 0. The first-order valence-corrected chi connectivity index (χ1v) is 23.2. The summed E-state index contributed by atoms with van der Waals surface area (Å²) < 4.78 is 15.7. The Morgan fingerprint density at radius 3 is 1.71 bits per heavy atom. The van der Waals surface area contributed by atoms with Gasteiger partial charge in [-0.25, -0.2) is 0 Å². The Hall–Kier alpha value is -9.12. The summed E-state index contributed by atoms with van der Waals surface area (Å²) in [5, 5.41) is 9.23. The van der Waals surface area contributed by atoms with Crippen LogP contribution in [0.2, 0.25) is 0 Å². The minimum atomic E-state index is 0.849. The van der Waals surface area contributed by atoms with Crippen LogP contribution in [0.1, 0.15) is 0 Å². The van der Waals surface area contributed by atoms with E-state index in [9.17, 15) is 0 Å². The summed E-state index contributed by atoms with van der Waals surface area (Å²) >= 11 is 0. The predicted molar refractivity (Wildman–Crippen MR) is 284 cm³/mol. The van der Waals surface area contributed by atoms with Crippen molar-refractivity contribution in [3.05, 3.63) is 243 Å². The van der Waals surface area contributed by atoms with Crippen LogP contribution in [0.5, 0.6) is 0 Å². The van der Waals surface area contributed by atoms with E-state index in [0.29, 0.717) is 0 Å². The Bertz CT molecular complexity index is 4220. The summed E-state index contributed by atoms with van der Waals surface area (Å²) in [6, 6.07) is 87.0. The molecule has 0 amide bonds. The van der Waals surface area contributed by atoms with Gasteiger partial charge in [0.15, 0.2) is 0 Å². The lowest BCUT2D eigenvalue weighted by Crippen LogP contribution is -2.10. The van der Waals surface area contributed by atoms with Crippen LogP contribution in [-0.4, -0.2) is 4.57 Å². The molecular formula is C64H40N2O2. The quantitative estimate of drug-likeness (QED) is 0.160. The fraction of sp³-hybridized carbons (Fsp3) is 0. The molecule has 0 radical (unpaired) electrons. The maximum Gasteiger partial charge on any atom is 0.143 e. The zero-order valence-electron chi connectivity index (χ0n) is 36.8. The third kappa shape index (κ3) is 5.94. The number of aromatic nitrogens is 1. The molecule has 0 aliphatic heterocycles. The minimum Gasteiger partial charge on any atom is -0.456 e. The van der Waals surface area contributed by atoms with Gasteiger partial charge in [0.2, 0.25) is 0 Å². The molecule has 0 bridgehead atoms. The van der Waals surface area contributed by atoms with Gasteiger partial charge in [0.05, 0.1) is 16.7 Å². The summed E-state index contributed by atoms with van der Waals surface area (Å²) in [5.41, 5.74) is 16.6. The Balaban J connectivity index is 1.02. The highest BCUT2D eigenvalue weighted by atomic mass is 16.3. The number of anilines is 3. The Morgan fingerprint density at radius 1 is 0.309 bits per heavy atom. The van der Waals surface area contributed by atoms with E-state index in [1.54, 1.807) is 0 Å². The van der Waals surface area contributed by atoms with Gasteiger partial charge < -0.3 is 18.3 Å². The molecule has 3 aromatic heterocycles. The van der Waals surface area contributed by atoms with Crippen molar-refractivity contribution in [1.82, 2.24) is 4.57 Å². The minimum absolute atomic E-state index is 0.849. The number of para-hydroxylation sites is 5. The van der Waals surface area contributed by atoms with Crippen LogP contribution in [0.25, 0.3) is 116 Å². The lowest BCUT2D eigenvalue weighted by molar-refractivity contribution is 0.669. The number of benzene rings is 11. The molecule has 14 aromatic rings. The number of hydrogen-bond donors (Lipinski definition) is 0. The highest BCUT2D eigenvalue weighted by Gasteiger charge is 2.24. The lowest BCUT2D eigenvalue weighted by atomic mass is 9.96. The molecule has 4 nitrogen and oxygen atoms in total.